The van der Waals surface area contributed by atoms with Gasteiger partial charge in [-0.25, -0.2) is 0 Å². The van der Waals surface area contributed by atoms with E-state index in [9.17, 15) is 4.79 Å². The molecule has 4 nitrogen and oxygen atoms in total. The Labute approximate surface area is 192 Å². The molecule has 5 rings (SSSR count). The van der Waals surface area contributed by atoms with Crippen LogP contribution in [-0.4, -0.2) is 23.9 Å². The maximum Gasteiger partial charge on any atom is 0.255 e. The topological polar surface area (TPSA) is 45.5 Å². The lowest BCUT2D eigenvalue weighted by Crippen LogP contribution is -2.34. The van der Waals surface area contributed by atoms with Crippen molar-refractivity contribution in [2.75, 3.05) is 18.4 Å². The summed E-state index contributed by atoms with van der Waals surface area (Å²) in [5, 5.41) is 4.75. The van der Waals surface area contributed by atoms with E-state index in [1.807, 2.05) is 72.8 Å². The van der Waals surface area contributed by atoms with Gasteiger partial charge in [0.25, 0.3) is 5.91 Å². The molecule has 5 heteroatoms. The second-order valence-electron chi connectivity index (χ2n) is 8.21. The lowest BCUT2D eigenvalue weighted by molar-refractivity contribution is 0.102. The second-order valence-corrected chi connectivity index (χ2v) is 8.65. The Hall–Kier alpha value is -3.08. The number of anilines is 1. The zero-order valence-electron chi connectivity index (χ0n) is 17.8. The third kappa shape index (κ3) is 4.16. The summed E-state index contributed by atoms with van der Waals surface area (Å²) in [4.78, 5) is 15.5. The van der Waals surface area contributed by atoms with E-state index in [1.54, 1.807) is 0 Å². The summed E-state index contributed by atoms with van der Waals surface area (Å²) in [6.07, 6.45) is 3.52. The van der Waals surface area contributed by atoms with Gasteiger partial charge in [-0.3, -0.25) is 9.69 Å². The first-order chi connectivity index (χ1) is 15.7. The summed E-state index contributed by atoms with van der Waals surface area (Å²) in [7, 11) is 0. The number of para-hydroxylation sites is 1. The van der Waals surface area contributed by atoms with E-state index in [2.05, 4.69) is 16.3 Å². The summed E-state index contributed by atoms with van der Waals surface area (Å²) in [6.45, 7) is 1.95. The van der Waals surface area contributed by atoms with E-state index in [0.29, 0.717) is 10.6 Å². The summed E-state index contributed by atoms with van der Waals surface area (Å²) < 4.78 is 6.45. The van der Waals surface area contributed by atoms with Crippen LogP contribution in [0, 0.1) is 0 Å². The third-order valence-corrected chi connectivity index (χ3v) is 6.30. The van der Waals surface area contributed by atoms with Crippen LogP contribution < -0.4 is 5.32 Å². The molecule has 1 N–H and O–H groups in total. The van der Waals surface area contributed by atoms with Crippen molar-refractivity contribution in [2.24, 2.45) is 0 Å². The first-order valence-corrected chi connectivity index (χ1v) is 11.5. The Balaban J connectivity index is 1.64. The molecule has 1 aliphatic heterocycles. The Morgan fingerprint density at radius 2 is 1.66 bits per heavy atom. The molecule has 0 unspecified atom stereocenters. The highest BCUT2D eigenvalue weighted by Gasteiger charge is 2.31. The molecule has 162 valence electrons. The van der Waals surface area contributed by atoms with Crippen LogP contribution in [0.15, 0.2) is 83.3 Å². The summed E-state index contributed by atoms with van der Waals surface area (Å²) in [5.41, 5.74) is 3.16. The number of hydrogen-bond acceptors (Lipinski definition) is 3. The number of hydrogen-bond donors (Lipinski definition) is 1. The quantitative estimate of drug-likeness (QED) is 0.363. The number of rotatable bonds is 5. The number of carbonyl (C=O) groups excluding carboxylic acids is 1. The number of benzene rings is 3. The molecule has 1 atom stereocenters. The van der Waals surface area contributed by atoms with Crippen molar-refractivity contribution in [3.8, 4) is 0 Å². The van der Waals surface area contributed by atoms with Crippen molar-refractivity contribution in [3.05, 3.63) is 101 Å². The summed E-state index contributed by atoms with van der Waals surface area (Å²) >= 11 is 6.38. The molecule has 0 bridgehead atoms. The minimum atomic E-state index is -0.151. The Kier molecular flexibility index (Phi) is 5.97. The molecule has 1 aliphatic rings. The average Bonchev–Trinajstić information content (AvgIpc) is 3.18. The number of amides is 1. The van der Waals surface area contributed by atoms with Crippen molar-refractivity contribution in [3.63, 3.8) is 0 Å². The zero-order valence-corrected chi connectivity index (χ0v) is 18.5. The number of halogens is 1. The number of nitrogens with one attached hydrogen (secondary N) is 1. The molecular weight excluding hydrogens is 420 g/mol. The molecule has 1 fully saturated rings. The fourth-order valence-corrected chi connectivity index (χ4v) is 4.74. The van der Waals surface area contributed by atoms with E-state index in [4.69, 9.17) is 16.0 Å². The number of furan rings is 1. The molecule has 0 saturated carbocycles. The van der Waals surface area contributed by atoms with Crippen LogP contribution in [0.1, 0.15) is 47.0 Å². The van der Waals surface area contributed by atoms with Gasteiger partial charge in [0.2, 0.25) is 0 Å². The van der Waals surface area contributed by atoms with Crippen LogP contribution in [0.3, 0.4) is 0 Å². The van der Waals surface area contributed by atoms with Crippen molar-refractivity contribution < 1.29 is 9.21 Å². The minimum absolute atomic E-state index is 0.132. The van der Waals surface area contributed by atoms with Gasteiger partial charge in [0.1, 0.15) is 11.3 Å². The van der Waals surface area contributed by atoms with E-state index >= 15 is 0 Å². The Morgan fingerprint density at radius 1 is 0.906 bits per heavy atom. The number of nitrogens with zero attached hydrogens (tertiary/aromatic N) is 1. The van der Waals surface area contributed by atoms with Gasteiger partial charge >= 0.3 is 0 Å². The Morgan fingerprint density at radius 3 is 2.44 bits per heavy atom. The smallest absolute Gasteiger partial charge is 0.255 e. The monoisotopic (exact) mass is 444 g/mol. The molecule has 2 heterocycles. The average molecular weight is 445 g/mol. The van der Waals surface area contributed by atoms with Crippen molar-refractivity contribution >= 4 is 34.2 Å². The largest absolute Gasteiger partial charge is 0.457 e. The van der Waals surface area contributed by atoms with E-state index in [-0.39, 0.29) is 11.9 Å². The molecule has 3 aromatic carbocycles. The van der Waals surface area contributed by atoms with Crippen LogP contribution in [-0.2, 0) is 0 Å². The fraction of sp³-hybridized carbons (Fsp3) is 0.222. The number of likely N-dealkylation sites (tertiary alicyclic amines) is 1. The predicted octanol–water partition coefficient (Wildman–Crippen LogP) is 6.91. The van der Waals surface area contributed by atoms with Gasteiger partial charge in [-0.15, -0.1) is 0 Å². The molecule has 0 aliphatic carbocycles. The van der Waals surface area contributed by atoms with Gasteiger partial charge in [0.05, 0.1) is 11.7 Å². The molecule has 4 aromatic rings. The molecule has 0 spiro atoms. The summed E-state index contributed by atoms with van der Waals surface area (Å²) in [5.74, 6) is 0.599. The van der Waals surface area contributed by atoms with Gasteiger partial charge in [0, 0.05) is 16.0 Å². The highest BCUT2D eigenvalue weighted by molar-refractivity contribution is 6.30. The summed E-state index contributed by atoms with van der Waals surface area (Å²) in [6, 6.07) is 24.9. The lowest BCUT2D eigenvalue weighted by Gasteiger charge is -2.34. The molecular formula is C27H25ClN2O2. The van der Waals surface area contributed by atoms with E-state index < -0.39 is 0 Å². The second kappa shape index (κ2) is 9.19. The van der Waals surface area contributed by atoms with Crippen molar-refractivity contribution in [2.45, 2.75) is 25.3 Å². The third-order valence-electron chi connectivity index (χ3n) is 6.07. The molecule has 32 heavy (non-hydrogen) atoms. The molecule has 0 radical (unpaired) electrons. The van der Waals surface area contributed by atoms with Gasteiger partial charge in [0.15, 0.2) is 0 Å². The normalized spacial score (nSPS) is 15.5. The van der Waals surface area contributed by atoms with E-state index in [0.717, 1.165) is 53.9 Å². The highest BCUT2D eigenvalue weighted by Crippen LogP contribution is 2.41. The van der Waals surface area contributed by atoms with Crippen molar-refractivity contribution in [1.29, 1.82) is 0 Å². The number of fused-ring (bicyclic) bond motifs is 1. The van der Waals surface area contributed by atoms with Crippen LogP contribution in [0.4, 0.5) is 5.69 Å². The highest BCUT2D eigenvalue weighted by atomic mass is 35.5. The Bertz CT molecular complexity index is 1230. The van der Waals surface area contributed by atoms with Crippen LogP contribution in [0.25, 0.3) is 11.0 Å². The van der Waals surface area contributed by atoms with Gasteiger partial charge in [-0.2, -0.15) is 0 Å². The maximum absolute atomic E-state index is 13.1. The van der Waals surface area contributed by atoms with Gasteiger partial charge < -0.3 is 9.73 Å². The number of piperidine rings is 1. The fourth-order valence-electron chi connectivity index (χ4n) is 4.54. The molecule has 1 saturated heterocycles. The molecule has 1 aromatic heterocycles. The first-order valence-electron chi connectivity index (χ1n) is 11.1. The maximum atomic E-state index is 13.1. The SMILES string of the molecule is O=C(Nc1c([C@H](c2cccc(Cl)c2)N2CCCCC2)oc2ccccc12)c1ccccc1. The van der Waals surface area contributed by atoms with Gasteiger partial charge in [-0.05, 0) is 67.9 Å². The van der Waals surface area contributed by atoms with Crippen molar-refractivity contribution in [1.82, 2.24) is 4.90 Å². The van der Waals surface area contributed by atoms with Gasteiger partial charge in [-0.1, -0.05) is 60.5 Å². The minimum Gasteiger partial charge on any atom is -0.457 e. The standard InChI is InChI=1S/C27H25ClN2O2/c28-21-13-9-12-20(18-21)25(30-16-7-2-8-17-30)26-24(22-14-5-6-15-23(22)32-26)29-27(31)19-10-3-1-4-11-19/h1,3-6,9-15,18,25H,2,7-8,16-17H2,(H,29,31)/t25-/m0/s1. The predicted molar refractivity (Wildman–Crippen MR) is 129 cm³/mol. The van der Waals surface area contributed by atoms with Crippen LogP contribution in [0.5, 0.6) is 0 Å². The first kappa shape index (κ1) is 20.8. The van der Waals surface area contributed by atoms with Crippen LogP contribution in [0.2, 0.25) is 5.02 Å². The van der Waals surface area contributed by atoms with E-state index in [1.165, 1.54) is 6.42 Å². The molecule has 1 amide bonds. The number of carbonyl (C=O) groups is 1. The lowest BCUT2D eigenvalue weighted by atomic mass is 9.98. The van der Waals surface area contributed by atoms with Crippen LogP contribution >= 0.6 is 11.6 Å². The zero-order chi connectivity index (χ0) is 21.9.